The minimum Gasteiger partial charge on any atom is -0.493 e. The lowest BCUT2D eigenvalue weighted by atomic mass is 9.67. The van der Waals surface area contributed by atoms with Crippen molar-refractivity contribution in [1.82, 2.24) is 9.80 Å². The summed E-state index contributed by atoms with van der Waals surface area (Å²) in [4.78, 5) is 63.8. The molecule has 6 aromatic rings. The highest BCUT2D eigenvalue weighted by Crippen LogP contribution is 2.63. The molecule has 0 aromatic heterocycles. The molecular formula is C58H52N4O10. The normalized spacial score (nSPS) is 21.6. The van der Waals surface area contributed by atoms with E-state index in [1.807, 2.05) is 146 Å². The van der Waals surface area contributed by atoms with Gasteiger partial charge in [0.1, 0.15) is 10.8 Å². The van der Waals surface area contributed by atoms with Crippen molar-refractivity contribution in [1.29, 1.82) is 0 Å². The summed E-state index contributed by atoms with van der Waals surface area (Å²) in [6, 6.07) is 41.5. The van der Waals surface area contributed by atoms with Crippen molar-refractivity contribution < 1.29 is 47.6 Å². The van der Waals surface area contributed by atoms with Gasteiger partial charge in [0.25, 0.3) is 0 Å². The number of benzene rings is 6. The second-order valence-electron chi connectivity index (χ2n) is 18.3. The number of carbonyl (C=O) groups excluding carboxylic acids is 4. The van der Waals surface area contributed by atoms with Gasteiger partial charge in [0.05, 0.1) is 77.3 Å². The van der Waals surface area contributed by atoms with Crippen molar-refractivity contribution in [2.45, 2.75) is 35.8 Å². The number of anilines is 4. The van der Waals surface area contributed by atoms with Crippen LogP contribution in [0.3, 0.4) is 0 Å². The van der Waals surface area contributed by atoms with Gasteiger partial charge >= 0.3 is 11.9 Å². The van der Waals surface area contributed by atoms with E-state index in [0.29, 0.717) is 47.2 Å². The van der Waals surface area contributed by atoms with Gasteiger partial charge < -0.3 is 38.2 Å². The maximum atomic E-state index is 14.8. The fourth-order valence-electron chi connectivity index (χ4n) is 12.2. The molecule has 6 aromatic carbocycles. The highest BCUT2D eigenvalue weighted by molar-refractivity contribution is 6.21. The predicted octanol–water partition coefficient (Wildman–Crippen LogP) is 8.58. The number of ether oxygens (including phenoxy) is 6. The number of methoxy groups -OCH3 is 6. The average Bonchev–Trinajstić information content (AvgIpc) is 4.13. The number of fused-ring (bicyclic) bond motifs is 12. The largest absolute Gasteiger partial charge is 0.493 e. The summed E-state index contributed by atoms with van der Waals surface area (Å²) in [6.45, 7) is 1.30. The van der Waals surface area contributed by atoms with Crippen LogP contribution in [0.25, 0.3) is 0 Å². The van der Waals surface area contributed by atoms with Gasteiger partial charge in [-0.05, 0) is 107 Å². The quantitative estimate of drug-likeness (QED) is 0.135. The van der Waals surface area contributed by atoms with Crippen molar-refractivity contribution in [3.63, 3.8) is 0 Å². The molecule has 2 amide bonds. The molecule has 14 heteroatoms. The molecule has 72 heavy (non-hydrogen) atoms. The van der Waals surface area contributed by atoms with Crippen molar-refractivity contribution in [3.8, 4) is 23.0 Å². The molecule has 6 heterocycles. The standard InChI is InChI=1S/2C29H26N2O5/c2*1-34-24-15-18-13-14-30-17-22(27(32)36-3)29(26(30)20(18)16-25(24)35-2)21-11-7-8-12-23(21)31(28(29)33)19-9-5-4-6-10-19/h2*4-12,15-17,26H,13-14H2,1-3H3/t2*26-,29+/m10/s1. The molecule has 6 aliphatic heterocycles. The van der Waals surface area contributed by atoms with E-state index in [9.17, 15) is 19.2 Å². The number of hydrogen-bond donors (Lipinski definition) is 0. The van der Waals surface area contributed by atoms with E-state index in [0.717, 1.165) is 69.0 Å². The number of carbonyl (C=O) groups is 4. The molecule has 0 saturated carbocycles. The SMILES string of the molecule is COC(=O)C1=CN2CCc3cc(OC)c(OC)cc3[C@@H]2[C@@]12C(=O)N(c1ccccc1)c1ccccc12.COC(=O)C1=CN2CCc3cc(OC)c(OC)cc3[C@H]2[C@]12C(=O)N(c1ccccc1)c1ccccc12. The van der Waals surface area contributed by atoms with E-state index in [4.69, 9.17) is 28.4 Å². The van der Waals surface area contributed by atoms with E-state index >= 15 is 0 Å². The van der Waals surface area contributed by atoms with Crippen molar-refractivity contribution >= 4 is 46.5 Å². The number of para-hydroxylation sites is 4. The van der Waals surface area contributed by atoms with Gasteiger partial charge in [0, 0.05) is 36.9 Å². The predicted molar refractivity (Wildman–Crippen MR) is 269 cm³/mol. The first kappa shape index (κ1) is 45.9. The topological polar surface area (TPSA) is 137 Å². The zero-order valence-corrected chi connectivity index (χ0v) is 40.7. The summed E-state index contributed by atoms with van der Waals surface area (Å²) in [5.41, 5.74) is 6.71. The Balaban J connectivity index is 0.000000156. The lowest BCUT2D eigenvalue weighted by Crippen LogP contribution is -2.48. The van der Waals surface area contributed by atoms with E-state index in [-0.39, 0.29) is 11.8 Å². The maximum absolute atomic E-state index is 14.8. The van der Waals surface area contributed by atoms with Gasteiger partial charge in [0.2, 0.25) is 11.8 Å². The molecule has 2 spiro atoms. The van der Waals surface area contributed by atoms with Gasteiger partial charge in [-0.3, -0.25) is 19.4 Å². The zero-order chi connectivity index (χ0) is 50.1. The zero-order valence-electron chi connectivity index (χ0n) is 40.7. The molecule has 4 atom stereocenters. The Morgan fingerprint density at radius 2 is 0.819 bits per heavy atom. The van der Waals surface area contributed by atoms with Gasteiger partial charge in [-0.15, -0.1) is 0 Å². The van der Waals surface area contributed by atoms with Crippen LogP contribution in [-0.4, -0.2) is 89.3 Å². The number of esters is 2. The van der Waals surface area contributed by atoms with Crippen LogP contribution in [-0.2, 0) is 52.3 Å². The van der Waals surface area contributed by atoms with E-state index in [2.05, 4.69) is 9.80 Å². The molecule has 0 unspecified atom stereocenters. The summed E-state index contributed by atoms with van der Waals surface area (Å²) in [5.74, 6) is 1.07. The second kappa shape index (κ2) is 17.7. The van der Waals surface area contributed by atoms with Crippen LogP contribution >= 0.6 is 0 Å². The summed E-state index contributed by atoms with van der Waals surface area (Å²) < 4.78 is 32.9. The fourth-order valence-corrected chi connectivity index (χ4v) is 12.2. The molecule has 0 fully saturated rings. The van der Waals surface area contributed by atoms with Gasteiger partial charge in [-0.25, -0.2) is 9.59 Å². The molecule has 0 saturated heterocycles. The van der Waals surface area contributed by atoms with Crippen LogP contribution in [0.2, 0.25) is 0 Å². The smallest absolute Gasteiger partial charge is 0.336 e. The molecule has 6 aliphatic rings. The third-order valence-electron chi connectivity index (χ3n) is 15.1. The van der Waals surface area contributed by atoms with Crippen LogP contribution in [0.5, 0.6) is 23.0 Å². The maximum Gasteiger partial charge on any atom is 0.336 e. The highest BCUT2D eigenvalue weighted by Gasteiger charge is 2.67. The Bertz CT molecular complexity index is 3050. The molecule has 12 rings (SSSR count). The van der Waals surface area contributed by atoms with Gasteiger partial charge in [-0.2, -0.15) is 0 Å². The van der Waals surface area contributed by atoms with Crippen LogP contribution in [0.15, 0.2) is 157 Å². The highest BCUT2D eigenvalue weighted by atomic mass is 16.5. The molecule has 0 N–H and O–H groups in total. The average molecular weight is 965 g/mol. The van der Waals surface area contributed by atoms with Crippen LogP contribution in [0, 0.1) is 0 Å². The third-order valence-corrected chi connectivity index (χ3v) is 15.1. The Labute approximate surface area is 417 Å². The number of rotatable bonds is 8. The van der Waals surface area contributed by atoms with Crippen LogP contribution in [0.1, 0.15) is 45.5 Å². The Kier molecular flexibility index (Phi) is 11.3. The molecule has 0 aliphatic carbocycles. The first-order valence-electron chi connectivity index (χ1n) is 23.7. The summed E-state index contributed by atoms with van der Waals surface area (Å²) in [6.07, 6.45) is 5.12. The minimum absolute atomic E-state index is 0.179. The monoisotopic (exact) mass is 964 g/mol. The first-order valence-corrected chi connectivity index (χ1v) is 23.7. The Hall–Kier alpha value is -8.52. The molecule has 0 bridgehead atoms. The van der Waals surface area contributed by atoms with Crippen LogP contribution < -0.4 is 28.7 Å². The molecule has 0 radical (unpaired) electrons. The third kappa shape index (κ3) is 6.40. The van der Waals surface area contributed by atoms with Crippen molar-refractivity contribution in [3.05, 3.63) is 190 Å². The second-order valence-corrected chi connectivity index (χ2v) is 18.3. The molecule has 364 valence electrons. The summed E-state index contributed by atoms with van der Waals surface area (Å²) in [5, 5.41) is 0. The first-order chi connectivity index (χ1) is 35.1. The van der Waals surface area contributed by atoms with Crippen molar-refractivity contribution in [2.24, 2.45) is 0 Å². The summed E-state index contributed by atoms with van der Waals surface area (Å²) in [7, 11) is 9.14. The van der Waals surface area contributed by atoms with Crippen molar-refractivity contribution in [2.75, 3.05) is 65.5 Å². The Morgan fingerprint density at radius 3 is 1.18 bits per heavy atom. The molecule has 14 nitrogen and oxygen atoms in total. The summed E-state index contributed by atoms with van der Waals surface area (Å²) >= 11 is 0. The fraction of sp³-hybridized carbons (Fsp3) is 0.241. The van der Waals surface area contributed by atoms with Crippen LogP contribution in [0.4, 0.5) is 22.7 Å². The minimum atomic E-state index is -1.28. The van der Waals surface area contributed by atoms with E-state index in [1.54, 1.807) is 38.2 Å². The van der Waals surface area contributed by atoms with Gasteiger partial charge in [0.15, 0.2) is 23.0 Å². The van der Waals surface area contributed by atoms with E-state index < -0.39 is 34.9 Å². The lowest BCUT2D eigenvalue weighted by Gasteiger charge is -2.41. The number of amides is 2. The van der Waals surface area contributed by atoms with E-state index in [1.165, 1.54) is 14.2 Å². The number of nitrogens with zero attached hydrogens (tertiary/aromatic N) is 4. The molecular weight excluding hydrogens is 913 g/mol. The Morgan fingerprint density at radius 1 is 0.472 bits per heavy atom. The van der Waals surface area contributed by atoms with Gasteiger partial charge in [-0.1, -0.05) is 72.8 Å². The lowest BCUT2D eigenvalue weighted by molar-refractivity contribution is -0.139. The number of hydrogen-bond acceptors (Lipinski definition) is 12.